The second-order valence-electron chi connectivity index (χ2n) is 6.63. The zero-order valence-electron chi connectivity index (χ0n) is 16.6. The van der Waals surface area contributed by atoms with E-state index in [4.69, 9.17) is 0 Å². The van der Waals surface area contributed by atoms with Crippen molar-refractivity contribution in [2.24, 2.45) is 0 Å². The summed E-state index contributed by atoms with van der Waals surface area (Å²) >= 11 is 1.14. The second kappa shape index (κ2) is 10.3. The summed E-state index contributed by atoms with van der Waals surface area (Å²) in [5.74, 6) is 0.238. The highest BCUT2D eigenvalue weighted by Gasteiger charge is 2.13. The Morgan fingerprint density at radius 2 is 1.97 bits per heavy atom. The van der Waals surface area contributed by atoms with Crippen molar-refractivity contribution in [3.05, 3.63) is 75.3 Å². The van der Waals surface area contributed by atoms with E-state index in [2.05, 4.69) is 25.8 Å². The molecule has 0 aliphatic rings. The van der Waals surface area contributed by atoms with Crippen molar-refractivity contribution in [3.8, 4) is 0 Å². The van der Waals surface area contributed by atoms with Gasteiger partial charge in [-0.25, -0.2) is 9.89 Å². The molecule has 11 heteroatoms. The van der Waals surface area contributed by atoms with E-state index >= 15 is 0 Å². The van der Waals surface area contributed by atoms with Crippen LogP contribution < -0.4 is 10.6 Å². The number of carbonyl (C=O) groups excluding carboxylic acids is 2. The first-order chi connectivity index (χ1) is 14.9. The van der Waals surface area contributed by atoms with E-state index in [0.29, 0.717) is 17.3 Å². The lowest BCUT2D eigenvalue weighted by molar-refractivity contribution is -0.384. The Kier molecular flexibility index (Phi) is 7.33. The van der Waals surface area contributed by atoms with Gasteiger partial charge in [0.05, 0.1) is 10.7 Å². The summed E-state index contributed by atoms with van der Waals surface area (Å²) in [4.78, 5) is 38.7. The predicted octanol–water partition coefficient (Wildman–Crippen LogP) is 3.25. The Morgan fingerprint density at radius 3 is 2.68 bits per heavy atom. The molecule has 0 aliphatic carbocycles. The summed E-state index contributed by atoms with van der Waals surface area (Å²) in [5, 5.41) is 23.0. The van der Waals surface area contributed by atoms with Gasteiger partial charge in [-0.1, -0.05) is 48.2 Å². The summed E-state index contributed by atoms with van der Waals surface area (Å²) in [5.41, 5.74) is 2.40. The number of benzene rings is 2. The molecule has 160 valence electrons. The molecule has 2 amide bonds. The normalized spacial score (nSPS) is 10.5. The number of nitrogens with one attached hydrogen (secondary N) is 3. The van der Waals surface area contributed by atoms with Gasteiger partial charge in [0.15, 0.2) is 0 Å². The van der Waals surface area contributed by atoms with Crippen molar-refractivity contribution in [2.45, 2.75) is 25.0 Å². The molecule has 0 fully saturated rings. The number of H-pyrrole nitrogens is 1. The van der Waals surface area contributed by atoms with Crippen LogP contribution in [0.3, 0.4) is 0 Å². The zero-order chi connectivity index (χ0) is 22.2. The number of thioether (sulfide) groups is 1. The molecular formula is C20H20N6O4S. The Bertz CT molecular complexity index is 1090. The lowest BCUT2D eigenvalue weighted by atomic mass is 10.0. The Labute approximate surface area is 182 Å². The maximum Gasteiger partial charge on any atom is 0.321 e. The average Bonchev–Trinajstić information content (AvgIpc) is 3.20. The topological polar surface area (TPSA) is 143 Å². The highest BCUT2D eigenvalue weighted by molar-refractivity contribution is 7.99. The minimum absolute atomic E-state index is 0.00312. The number of nitro benzene ring substituents is 1. The average molecular weight is 440 g/mol. The van der Waals surface area contributed by atoms with Gasteiger partial charge < -0.3 is 5.32 Å². The van der Waals surface area contributed by atoms with Crippen LogP contribution >= 0.6 is 11.8 Å². The maximum absolute atomic E-state index is 12.3. The van der Waals surface area contributed by atoms with Crippen molar-refractivity contribution in [2.75, 3.05) is 11.1 Å². The van der Waals surface area contributed by atoms with Crippen LogP contribution in [0, 0.1) is 17.0 Å². The van der Waals surface area contributed by atoms with Crippen LogP contribution in [0.4, 0.5) is 16.4 Å². The number of nitro groups is 1. The van der Waals surface area contributed by atoms with Crippen molar-refractivity contribution in [1.82, 2.24) is 20.5 Å². The molecule has 2 aromatic carbocycles. The van der Waals surface area contributed by atoms with Gasteiger partial charge in [0.2, 0.25) is 11.1 Å². The Morgan fingerprint density at radius 1 is 1.19 bits per heavy atom. The molecule has 0 aliphatic heterocycles. The number of nitrogens with zero attached hydrogens (tertiary/aromatic N) is 3. The Hall–Kier alpha value is -3.73. The number of urea groups is 1. The van der Waals surface area contributed by atoms with E-state index in [-0.39, 0.29) is 29.6 Å². The van der Waals surface area contributed by atoms with Crippen molar-refractivity contribution in [3.63, 3.8) is 0 Å². The molecule has 0 atom stereocenters. The molecule has 0 saturated carbocycles. The number of anilines is 1. The van der Waals surface area contributed by atoms with Crippen LogP contribution in [0.2, 0.25) is 0 Å². The van der Waals surface area contributed by atoms with Crippen LogP contribution in [0.15, 0.2) is 53.7 Å². The van der Waals surface area contributed by atoms with Gasteiger partial charge in [0.25, 0.3) is 5.69 Å². The fraction of sp³-hybridized carbons (Fsp3) is 0.200. The maximum atomic E-state index is 12.3. The molecule has 0 bridgehead atoms. The quantitative estimate of drug-likeness (QED) is 0.263. The first-order valence-corrected chi connectivity index (χ1v) is 10.3. The number of rotatable bonds is 9. The summed E-state index contributed by atoms with van der Waals surface area (Å²) < 4.78 is 0. The number of carbonyl (C=O) groups is 2. The van der Waals surface area contributed by atoms with Gasteiger partial charge in [-0.15, -0.1) is 5.10 Å². The summed E-state index contributed by atoms with van der Waals surface area (Å²) in [6, 6.07) is 13.5. The molecular weight excluding hydrogens is 420 g/mol. The van der Waals surface area contributed by atoms with Crippen LogP contribution in [-0.4, -0.2) is 37.7 Å². The van der Waals surface area contributed by atoms with Gasteiger partial charge in [0, 0.05) is 25.1 Å². The van der Waals surface area contributed by atoms with E-state index in [9.17, 15) is 19.7 Å². The number of aromatic nitrogens is 3. The monoisotopic (exact) mass is 440 g/mol. The van der Waals surface area contributed by atoms with Gasteiger partial charge >= 0.3 is 6.03 Å². The number of ketones is 1. The molecule has 0 radical (unpaired) electrons. The third-order valence-corrected chi connectivity index (χ3v) is 5.19. The first kappa shape index (κ1) is 22.0. The number of aryl methyl sites for hydroxylation is 1. The zero-order valence-corrected chi connectivity index (χ0v) is 17.4. The summed E-state index contributed by atoms with van der Waals surface area (Å²) in [6.07, 6.45) is 0.161. The van der Waals surface area contributed by atoms with E-state index in [1.54, 1.807) is 13.0 Å². The molecule has 10 nitrogen and oxygen atoms in total. The summed E-state index contributed by atoms with van der Waals surface area (Å²) in [6.45, 7) is 2.11. The molecule has 3 aromatic rings. The SMILES string of the molecule is Cc1cc([N+](=O)[O-])ccc1CC(=O)CSc1n[nH]c(NC(=O)NCc2ccccc2)n1. The van der Waals surface area contributed by atoms with E-state index in [1.807, 2.05) is 30.3 Å². The second-order valence-corrected chi connectivity index (χ2v) is 7.57. The highest BCUT2D eigenvalue weighted by atomic mass is 32.2. The first-order valence-electron chi connectivity index (χ1n) is 9.30. The van der Waals surface area contributed by atoms with Crippen LogP contribution in [0.5, 0.6) is 0 Å². The fourth-order valence-electron chi connectivity index (χ4n) is 2.70. The number of hydrogen-bond donors (Lipinski definition) is 3. The lowest BCUT2D eigenvalue weighted by Crippen LogP contribution is -2.28. The Balaban J connectivity index is 1.44. The van der Waals surface area contributed by atoms with E-state index < -0.39 is 11.0 Å². The molecule has 3 rings (SSSR count). The van der Waals surface area contributed by atoms with Gasteiger partial charge in [-0.3, -0.25) is 20.2 Å². The number of aromatic amines is 1. The van der Waals surface area contributed by atoms with Crippen LogP contribution in [-0.2, 0) is 17.8 Å². The smallest absolute Gasteiger partial charge is 0.321 e. The number of non-ortho nitro benzene ring substituents is 1. The van der Waals surface area contributed by atoms with Crippen molar-refractivity contribution >= 4 is 35.2 Å². The molecule has 0 spiro atoms. The lowest BCUT2D eigenvalue weighted by Gasteiger charge is -2.05. The van der Waals surface area contributed by atoms with E-state index in [0.717, 1.165) is 22.9 Å². The molecule has 1 aromatic heterocycles. The number of hydrogen-bond acceptors (Lipinski definition) is 7. The fourth-order valence-corrected chi connectivity index (χ4v) is 3.36. The molecule has 31 heavy (non-hydrogen) atoms. The predicted molar refractivity (Wildman–Crippen MR) is 116 cm³/mol. The number of amides is 2. The van der Waals surface area contributed by atoms with Crippen molar-refractivity contribution < 1.29 is 14.5 Å². The van der Waals surface area contributed by atoms with Crippen molar-refractivity contribution in [1.29, 1.82) is 0 Å². The standard InChI is InChI=1S/C20H20N6O4S/c1-13-9-16(26(29)30)8-7-15(13)10-17(27)12-31-20-23-18(24-25-20)22-19(28)21-11-14-5-3-2-4-6-14/h2-9H,10-12H2,1H3,(H3,21,22,23,24,25,28). The highest BCUT2D eigenvalue weighted by Crippen LogP contribution is 2.19. The molecule has 1 heterocycles. The van der Waals surface area contributed by atoms with Gasteiger partial charge in [-0.05, 0) is 23.6 Å². The molecule has 3 N–H and O–H groups in total. The van der Waals surface area contributed by atoms with E-state index in [1.165, 1.54) is 12.1 Å². The third-order valence-electron chi connectivity index (χ3n) is 4.28. The molecule has 0 unspecified atom stereocenters. The minimum Gasteiger partial charge on any atom is -0.334 e. The summed E-state index contributed by atoms with van der Waals surface area (Å²) in [7, 11) is 0. The van der Waals surface area contributed by atoms with Gasteiger partial charge in [-0.2, -0.15) is 4.98 Å². The number of Topliss-reactive ketones (excluding diaryl/α,β-unsaturated/α-hetero) is 1. The largest absolute Gasteiger partial charge is 0.334 e. The third kappa shape index (κ3) is 6.64. The van der Waals surface area contributed by atoms with Gasteiger partial charge in [0.1, 0.15) is 5.78 Å². The van der Waals surface area contributed by atoms with Crippen LogP contribution in [0.1, 0.15) is 16.7 Å². The minimum atomic E-state index is -0.467. The molecule has 0 saturated heterocycles. The van der Waals surface area contributed by atoms with Crippen LogP contribution in [0.25, 0.3) is 0 Å².